The average molecular weight is 201 g/mol. The second-order valence-electron chi connectivity index (χ2n) is 2.19. The van der Waals surface area contributed by atoms with Gasteiger partial charge >= 0.3 is 0 Å². The lowest BCUT2D eigenvalue weighted by Gasteiger charge is -2.02. The molecule has 1 rings (SSSR count). The smallest absolute Gasteiger partial charge is 0.152 e. The second-order valence-corrected chi connectivity index (χ2v) is 2.97. The Morgan fingerprint density at radius 2 is 2.00 bits per heavy atom. The van der Waals surface area contributed by atoms with Crippen molar-refractivity contribution >= 4 is 35.6 Å². The molecular weight excluding hydrogens is 195 g/mol. The van der Waals surface area contributed by atoms with Gasteiger partial charge in [-0.1, -0.05) is 41.9 Å². The third kappa shape index (κ3) is 1.52. The minimum absolute atomic E-state index is 0.282. The molecule has 0 bridgehead atoms. The molecule has 0 unspecified atom stereocenters. The van der Waals surface area contributed by atoms with Crippen LogP contribution in [0.5, 0.6) is 0 Å². The van der Waals surface area contributed by atoms with E-state index >= 15 is 0 Å². The quantitative estimate of drug-likeness (QED) is 0.669. The highest BCUT2D eigenvalue weighted by atomic mass is 35.5. The van der Waals surface area contributed by atoms with Crippen LogP contribution in [0.4, 0.5) is 0 Å². The van der Waals surface area contributed by atoms with Crippen molar-refractivity contribution in [2.45, 2.75) is 0 Å². The van der Waals surface area contributed by atoms with E-state index in [0.29, 0.717) is 22.4 Å². The summed E-state index contributed by atoms with van der Waals surface area (Å²) in [4.78, 5) is 10.6. The summed E-state index contributed by atoms with van der Waals surface area (Å²) >= 11 is 11.5. The summed E-state index contributed by atoms with van der Waals surface area (Å²) in [5, 5.41) is 0.661. The van der Waals surface area contributed by atoms with Crippen molar-refractivity contribution in [3.05, 3.63) is 39.9 Å². The van der Waals surface area contributed by atoms with Crippen LogP contribution in [0.15, 0.2) is 18.7 Å². The Morgan fingerprint density at radius 1 is 1.33 bits per heavy atom. The highest BCUT2D eigenvalue weighted by Gasteiger charge is 2.06. The fourth-order valence-corrected chi connectivity index (χ4v) is 1.26. The van der Waals surface area contributed by atoms with Crippen molar-refractivity contribution < 1.29 is 4.79 Å². The molecule has 0 aliphatic heterocycles. The van der Waals surface area contributed by atoms with Gasteiger partial charge in [-0.2, -0.15) is 0 Å². The van der Waals surface area contributed by atoms with Crippen LogP contribution >= 0.6 is 23.2 Å². The second kappa shape index (κ2) is 3.74. The van der Waals surface area contributed by atoms with Crippen LogP contribution in [0.1, 0.15) is 15.9 Å². The summed E-state index contributed by atoms with van der Waals surface area (Å²) in [5.74, 6) is 0. The molecule has 62 valence electrons. The molecule has 1 aromatic carbocycles. The van der Waals surface area contributed by atoms with E-state index in [0.717, 1.165) is 0 Å². The van der Waals surface area contributed by atoms with E-state index in [9.17, 15) is 4.79 Å². The van der Waals surface area contributed by atoms with Crippen molar-refractivity contribution in [2.24, 2.45) is 0 Å². The third-order valence-corrected chi connectivity index (χ3v) is 2.32. The van der Waals surface area contributed by atoms with Crippen molar-refractivity contribution in [3.8, 4) is 0 Å². The summed E-state index contributed by atoms with van der Waals surface area (Å²) in [6, 6.07) is 3.33. The van der Waals surface area contributed by atoms with Gasteiger partial charge in [0.15, 0.2) is 6.29 Å². The van der Waals surface area contributed by atoms with Gasteiger partial charge in [0.2, 0.25) is 0 Å². The summed E-state index contributed by atoms with van der Waals surface area (Å²) in [6.45, 7) is 3.55. The molecule has 0 atom stereocenters. The fourth-order valence-electron chi connectivity index (χ4n) is 0.879. The molecule has 3 heteroatoms. The minimum Gasteiger partial charge on any atom is -0.298 e. The molecular formula is C9H6Cl2O. The van der Waals surface area contributed by atoms with Gasteiger partial charge in [0.05, 0.1) is 10.0 Å². The summed E-state index contributed by atoms with van der Waals surface area (Å²) in [5.41, 5.74) is 1.08. The maximum absolute atomic E-state index is 10.6. The lowest BCUT2D eigenvalue weighted by molar-refractivity contribution is 0.112. The van der Waals surface area contributed by atoms with Gasteiger partial charge in [0.1, 0.15) is 0 Å². The van der Waals surface area contributed by atoms with Crippen LogP contribution in [0.2, 0.25) is 10.0 Å². The number of halogens is 2. The highest BCUT2D eigenvalue weighted by molar-refractivity contribution is 6.43. The Balaban J connectivity index is 3.45. The molecule has 1 aromatic rings. The predicted octanol–water partition coefficient (Wildman–Crippen LogP) is 3.45. The molecule has 0 heterocycles. The Kier molecular flexibility index (Phi) is 2.90. The maximum atomic E-state index is 10.6. The van der Waals surface area contributed by atoms with E-state index in [1.807, 2.05) is 0 Å². The number of hydrogen-bond donors (Lipinski definition) is 0. The standard InChI is InChI=1S/C9H6Cl2O/c1-2-6-3-4-8(10)9(11)7(6)5-12/h2-5H,1H2. The number of rotatable bonds is 2. The van der Waals surface area contributed by atoms with Gasteiger partial charge < -0.3 is 0 Å². The molecule has 0 fully saturated rings. The van der Waals surface area contributed by atoms with Gasteiger partial charge in [0.25, 0.3) is 0 Å². The molecule has 0 aliphatic rings. The first-order valence-corrected chi connectivity index (χ1v) is 4.02. The zero-order chi connectivity index (χ0) is 9.14. The molecule has 0 aromatic heterocycles. The Hall–Kier alpha value is -0.790. The molecule has 12 heavy (non-hydrogen) atoms. The van der Waals surface area contributed by atoms with Crippen LogP contribution in [-0.4, -0.2) is 6.29 Å². The predicted molar refractivity (Wildman–Crippen MR) is 51.9 cm³/mol. The van der Waals surface area contributed by atoms with Crippen LogP contribution < -0.4 is 0 Å². The molecule has 0 N–H and O–H groups in total. The van der Waals surface area contributed by atoms with Crippen molar-refractivity contribution in [1.29, 1.82) is 0 Å². The molecule has 1 nitrogen and oxygen atoms in total. The summed E-state index contributed by atoms with van der Waals surface area (Å²) in [7, 11) is 0. The van der Waals surface area contributed by atoms with E-state index in [2.05, 4.69) is 6.58 Å². The monoisotopic (exact) mass is 200 g/mol. The lowest BCUT2D eigenvalue weighted by Crippen LogP contribution is -1.87. The molecule has 0 saturated carbocycles. The minimum atomic E-state index is 0.282. The molecule has 0 radical (unpaired) electrons. The Bertz CT molecular complexity index is 332. The van der Waals surface area contributed by atoms with Crippen molar-refractivity contribution in [1.82, 2.24) is 0 Å². The normalized spacial score (nSPS) is 9.50. The highest BCUT2D eigenvalue weighted by Crippen LogP contribution is 2.27. The van der Waals surface area contributed by atoms with Crippen LogP contribution in [-0.2, 0) is 0 Å². The van der Waals surface area contributed by atoms with Gasteiger partial charge in [-0.15, -0.1) is 0 Å². The number of carbonyl (C=O) groups excluding carboxylic acids is 1. The van der Waals surface area contributed by atoms with Crippen molar-refractivity contribution in [2.75, 3.05) is 0 Å². The van der Waals surface area contributed by atoms with Gasteiger partial charge in [0, 0.05) is 5.56 Å². The maximum Gasteiger partial charge on any atom is 0.152 e. The van der Waals surface area contributed by atoms with Gasteiger partial charge in [-0.3, -0.25) is 4.79 Å². The molecule has 0 aliphatic carbocycles. The first kappa shape index (κ1) is 9.30. The summed E-state index contributed by atoms with van der Waals surface area (Å²) < 4.78 is 0. The van der Waals surface area contributed by atoms with Crippen molar-refractivity contribution in [3.63, 3.8) is 0 Å². The largest absolute Gasteiger partial charge is 0.298 e. The fraction of sp³-hybridized carbons (Fsp3) is 0. The number of hydrogen-bond acceptors (Lipinski definition) is 1. The van der Waals surface area contributed by atoms with Crippen LogP contribution in [0, 0.1) is 0 Å². The first-order chi connectivity index (χ1) is 5.70. The van der Waals surface area contributed by atoms with Gasteiger partial charge in [-0.25, -0.2) is 0 Å². The van der Waals surface area contributed by atoms with E-state index in [1.165, 1.54) is 0 Å². The average Bonchev–Trinajstić information content (AvgIpc) is 2.09. The van der Waals surface area contributed by atoms with Crippen LogP contribution in [0.25, 0.3) is 6.08 Å². The topological polar surface area (TPSA) is 17.1 Å². The van der Waals surface area contributed by atoms with E-state index in [4.69, 9.17) is 23.2 Å². The van der Waals surface area contributed by atoms with E-state index in [1.54, 1.807) is 18.2 Å². The summed E-state index contributed by atoms with van der Waals surface area (Å²) in [6.07, 6.45) is 2.23. The lowest BCUT2D eigenvalue weighted by atomic mass is 10.1. The molecule has 0 saturated heterocycles. The zero-order valence-electron chi connectivity index (χ0n) is 6.18. The van der Waals surface area contributed by atoms with Crippen LogP contribution in [0.3, 0.4) is 0 Å². The number of carbonyl (C=O) groups is 1. The molecule has 0 amide bonds. The Morgan fingerprint density at radius 3 is 2.50 bits per heavy atom. The zero-order valence-corrected chi connectivity index (χ0v) is 7.69. The van der Waals surface area contributed by atoms with E-state index in [-0.39, 0.29) is 5.02 Å². The van der Waals surface area contributed by atoms with Gasteiger partial charge in [-0.05, 0) is 11.6 Å². The Labute approximate surface area is 80.6 Å². The molecule has 0 spiro atoms. The first-order valence-electron chi connectivity index (χ1n) is 3.26. The third-order valence-electron chi connectivity index (χ3n) is 1.50. The number of benzene rings is 1. The van der Waals surface area contributed by atoms with E-state index < -0.39 is 0 Å². The SMILES string of the molecule is C=Cc1ccc(Cl)c(Cl)c1C=O. The number of aldehydes is 1.